The molecule has 1 aromatic heterocycles. The summed E-state index contributed by atoms with van der Waals surface area (Å²) in [4.78, 5) is 12.2. The van der Waals surface area contributed by atoms with Crippen molar-refractivity contribution in [1.82, 2.24) is 15.5 Å². The molecule has 0 radical (unpaired) electrons. The van der Waals surface area contributed by atoms with E-state index in [0.29, 0.717) is 47.9 Å². The van der Waals surface area contributed by atoms with Crippen LogP contribution < -0.4 is 14.8 Å². The van der Waals surface area contributed by atoms with Gasteiger partial charge in [-0.25, -0.2) is 0 Å². The molecule has 1 N–H and O–H groups in total. The largest absolute Gasteiger partial charge is 0.493 e. The van der Waals surface area contributed by atoms with Crippen LogP contribution in [0.1, 0.15) is 30.4 Å². The fourth-order valence-electron chi connectivity index (χ4n) is 2.84. The molecule has 0 aliphatic rings. The zero-order valence-corrected chi connectivity index (χ0v) is 18.0. The first-order valence-corrected chi connectivity index (χ1v) is 10.0. The van der Waals surface area contributed by atoms with Crippen LogP contribution in [0.5, 0.6) is 11.5 Å². The first-order valence-electron chi connectivity index (χ1n) is 9.65. The number of methoxy groups -OCH3 is 1. The van der Waals surface area contributed by atoms with Crippen molar-refractivity contribution in [2.24, 2.45) is 0 Å². The van der Waals surface area contributed by atoms with Gasteiger partial charge < -0.3 is 19.2 Å². The lowest BCUT2D eigenvalue weighted by Gasteiger charge is -2.13. The van der Waals surface area contributed by atoms with Crippen molar-refractivity contribution in [3.05, 3.63) is 58.4 Å². The van der Waals surface area contributed by atoms with E-state index in [9.17, 15) is 4.79 Å². The molecule has 0 aliphatic carbocycles. The number of carbonyl (C=O) groups excluding carboxylic acids is 1. The van der Waals surface area contributed by atoms with Gasteiger partial charge in [-0.2, -0.15) is 0 Å². The Morgan fingerprint density at radius 3 is 2.67 bits per heavy atom. The molecule has 1 amide bonds. The van der Waals surface area contributed by atoms with E-state index in [-0.39, 0.29) is 12.3 Å². The smallest absolute Gasteiger partial charge is 0.247 e. The summed E-state index contributed by atoms with van der Waals surface area (Å²) in [5.41, 5.74) is 2.82. The number of aromatic nitrogens is 2. The average Bonchev–Trinajstić information content (AvgIpc) is 3.22. The number of benzene rings is 2. The third-order valence-electron chi connectivity index (χ3n) is 4.40. The zero-order valence-electron chi connectivity index (χ0n) is 17.2. The molecule has 0 spiro atoms. The highest BCUT2D eigenvalue weighted by Crippen LogP contribution is 2.36. The minimum Gasteiger partial charge on any atom is -0.493 e. The van der Waals surface area contributed by atoms with Crippen LogP contribution in [0.2, 0.25) is 5.02 Å². The van der Waals surface area contributed by atoms with E-state index >= 15 is 0 Å². The molecule has 3 aromatic rings. The van der Waals surface area contributed by atoms with Gasteiger partial charge in [0.05, 0.1) is 18.7 Å². The Balaban J connectivity index is 1.53. The number of hydrogen-bond acceptors (Lipinski definition) is 6. The Hall–Kier alpha value is -3.06. The van der Waals surface area contributed by atoms with E-state index in [1.807, 2.05) is 38.1 Å². The second-order valence-electron chi connectivity index (χ2n) is 6.69. The van der Waals surface area contributed by atoms with Gasteiger partial charge in [0.1, 0.15) is 0 Å². The van der Waals surface area contributed by atoms with E-state index in [0.717, 1.165) is 16.7 Å². The van der Waals surface area contributed by atoms with Crippen molar-refractivity contribution in [3.63, 3.8) is 0 Å². The normalized spacial score (nSPS) is 10.7. The summed E-state index contributed by atoms with van der Waals surface area (Å²) in [6.07, 6.45) is 0.593. The van der Waals surface area contributed by atoms with E-state index in [1.54, 1.807) is 19.2 Å². The minimum atomic E-state index is -0.131. The molecule has 0 saturated heterocycles. The molecule has 2 aromatic carbocycles. The third-order valence-corrected chi connectivity index (χ3v) is 4.68. The second kappa shape index (κ2) is 10.1. The molecular weight excluding hydrogens is 406 g/mol. The Bertz CT molecular complexity index is 1000. The number of halogens is 1. The van der Waals surface area contributed by atoms with E-state index in [4.69, 9.17) is 25.5 Å². The van der Waals surface area contributed by atoms with Crippen LogP contribution in [-0.4, -0.2) is 29.8 Å². The number of carbonyl (C=O) groups is 1. The molecule has 0 bridgehead atoms. The van der Waals surface area contributed by atoms with Crippen LogP contribution in [0.15, 0.2) is 40.8 Å². The lowest BCUT2D eigenvalue weighted by molar-refractivity contribution is -0.121. The first-order chi connectivity index (χ1) is 14.5. The maximum atomic E-state index is 12.2. The first kappa shape index (κ1) is 21.6. The SMILES string of the molecule is CCOc1c(Cl)cc(CNC(=O)CCc2nnc(-c3ccc(C)cc3)o2)cc1OC. The summed E-state index contributed by atoms with van der Waals surface area (Å²) in [5, 5.41) is 11.4. The van der Waals surface area contributed by atoms with Gasteiger partial charge in [0.25, 0.3) is 0 Å². The summed E-state index contributed by atoms with van der Waals surface area (Å²) in [7, 11) is 1.55. The van der Waals surface area contributed by atoms with Crippen molar-refractivity contribution in [1.29, 1.82) is 0 Å². The van der Waals surface area contributed by atoms with E-state index in [1.165, 1.54) is 0 Å². The molecule has 1 heterocycles. The zero-order chi connectivity index (χ0) is 21.5. The van der Waals surface area contributed by atoms with E-state index in [2.05, 4.69) is 15.5 Å². The number of amides is 1. The molecule has 0 unspecified atom stereocenters. The Morgan fingerprint density at radius 1 is 1.20 bits per heavy atom. The van der Waals surface area contributed by atoms with Crippen molar-refractivity contribution < 1.29 is 18.7 Å². The van der Waals surface area contributed by atoms with Crippen LogP contribution in [0, 0.1) is 6.92 Å². The van der Waals surface area contributed by atoms with E-state index < -0.39 is 0 Å². The molecule has 0 atom stereocenters. The summed E-state index contributed by atoms with van der Waals surface area (Å²) in [6, 6.07) is 11.4. The van der Waals surface area contributed by atoms with Crippen LogP contribution in [-0.2, 0) is 17.8 Å². The van der Waals surface area contributed by atoms with Crippen LogP contribution in [0.25, 0.3) is 11.5 Å². The number of nitrogens with one attached hydrogen (secondary N) is 1. The van der Waals surface area contributed by atoms with Gasteiger partial charge >= 0.3 is 0 Å². The highest BCUT2D eigenvalue weighted by atomic mass is 35.5. The van der Waals surface area contributed by atoms with Gasteiger partial charge in [-0.1, -0.05) is 29.3 Å². The van der Waals surface area contributed by atoms with Crippen molar-refractivity contribution >= 4 is 17.5 Å². The third kappa shape index (κ3) is 5.51. The van der Waals surface area contributed by atoms with Crippen molar-refractivity contribution in [3.8, 4) is 23.0 Å². The predicted octanol–water partition coefficient (Wildman–Crippen LogP) is 4.35. The number of ether oxygens (including phenoxy) is 2. The van der Waals surface area contributed by atoms with Gasteiger partial charge in [-0.05, 0) is 43.7 Å². The number of aryl methyl sites for hydroxylation is 2. The molecule has 0 saturated carbocycles. The quantitative estimate of drug-likeness (QED) is 0.544. The van der Waals surface area contributed by atoms with Gasteiger partial charge in [-0.15, -0.1) is 10.2 Å². The maximum Gasteiger partial charge on any atom is 0.247 e. The summed E-state index contributed by atoms with van der Waals surface area (Å²) >= 11 is 6.26. The minimum absolute atomic E-state index is 0.131. The van der Waals surface area contributed by atoms with Gasteiger partial charge in [0.15, 0.2) is 11.5 Å². The highest BCUT2D eigenvalue weighted by molar-refractivity contribution is 6.32. The summed E-state index contributed by atoms with van der Waals surface area (Å²) in [6.45, 7) is 4.68. The van der Waals surface area contributed by atoms with Gasteiger partial charge in [-0.3, -0.25) is 4.79 Å². The fourth-order valence-corrected chi connectivity index (χ4v) is 3.12. The molecule has 0 aliphatic heterocycles. The standard InChI is InChI=1S/C22H24ClN3O4/c1-4-29-21-17(23)11-15(12-18(21)28-3)13-24-19(27)9-10-20-25-26-22(30-20)16-7-5-14(2)6-8-16/h5-8,11-12H,4,9-10,13H2,1-3H3,(H,24,27). The van der Waals surface area contributed by atoms with Crippen molar-refractivity contribution in [2.75, 3.05) is 13.7 Å². The summed E-state index contributed by atoms with van der Waals surface area (Å²) in [5.74, 6) is 1.77. The predicted molar refractivity (Wildman–Crippen MR) is 114 cm³/mol. The van der Waals surface area contributed by atoms with Crippen LogP contribution >= 0.6 is 11.6 Å². The lowest BCUT2D eigenvalue weighted by Crippen LogP contribution is -2.23. The number of nitrogens with zero attached hydrogens (tertiary/aromatic N) is 2. The van der Waals surface area contributed by atoms with Crippen LogP contribution in [0.3, 0.4) is 0 Å². The Labute approximate surface area is 180 Å². The Morgan fingerprint density at radius 2 is 1.97 bits per heavy atom. The fraction of sp³-hybridized carbons (Fsp3) is 0.318. The Kier molecular flexibility index (Phi) is 7.30. The topological polar surface area (TPSA) is 86.5 Å². The molecule has 7 nitrogen and oxygen atoms in total. The molecular formula is C22H24ClN3O4. The van der Waals surface area contributed by atoms with Gasteiger partial charge in [0, 0.05) is 24.9 Å². The molecule has 30 heavy (non-hydrogen) atoms. The molecule has 8 heteroatoms. The number of hydrogen-bond donors (Lipinski definition) is 1. The second-order valence-corrected chi connectivity index (χ2v) is 7.09. The molecule has 158 valence electrons. The average molecular weight is 430 g/mol. The van der Waals surface area contributed by atoms with Crippen molar-refractivity contribution in [2.45, 2.75) is 33.2 Å². The highest BCUT2D eigenvalue weighted by Gasteiger charge is 2.13. The summed E-state index contributed by atoms with van der Waals surface area (Å²) < 4.78 is 16.5. The molecule has 3 rings (SSSR count). The van der Waals surface area contributed by atoms with Gasteiger partial charge in [0.2, 0.25) is 17.7 Å². The van der Waals surface area contributed by atoms with Crippen LogP contribution in [0.4, 0.5) is 0 Å². The number of rotatable bonds is 9. The monoisotopic (exact) mass is 429 g/mol. The maximum absolute atomic E-state index is 12.2. The molecule has 0 fully saturated rings. The lowest BCUT2D eigenvalue weighted by atomic mass is 10.1.